The van der Waals surface area contributed by atoms with E-state index in [1.807, 2.05) is 0 Å². The van der Waals surface area contributed by atoms with Crippen molar-refractivity contribution >= 4 is 18.4 Å². The Morgan fingerprint density at radius 2 is 1.47 bits per heavy atom. The summed E-state index contributed by atoms with van der Waals surface area (Å²) in [5, 5.41) is 9.28. The second-order valence-corrected chi connectivity index (χ2v) is 5.54. The molecule has 0 aliphatic heterocycles. The number of aliphatic carboxylic acids is 1. The summed E-state index contributed by atoms with van der Waals surface area (Å²) >= 11 is 0. The molecule has 0 spiro atoms. The summed E-state index contributed by atoms with van der Waals surface area (Å²) in [5.41, 5.74) is 5.25. The van der Waals surface area contributed by atoms with E-state index in [1.54, 1.807) is 0 Å². The van der Waals surface area contributed by atoms with E-state index in [1.165, 1.54) is 6.42 Å². The molecule has 0 aromatic heterocycles. The predicted octanol–water partition coefficient (Wildman–Crippen LogP) is 1.65. The number of halogens is 1. The first-order valence-corrected chi connectivity index (χ1v) is 5.63. The Morgan fingerprint density at radius 3 is 1.80 bits per heavy atom. The molecule has 86 valence electrons. The van der Waals surface area contributed by atoms with Crippen molar-refractivity contribution in [2.45, 2.75) is 37.6 Å². The van der Waals surface area contributed by atoms with E-state index in [0.29, 0.717) is 0 Å². The molecule has 4 saturated carbocycles. The van der Waals surface area contributed by atoms with Crippen LogP contribution in [0.5, 0.6) is 0 Å². The van der Waals surface area contributed by atoms with Crippen molar-refractivity contribution in [3.8, 4) is 0 Å². The maximum Gasteiger partial charge on any atom is 0.324 e. The van der Waals surface area contributed by atoms with Gasteiger partial charge >= 0.3 is 5.97 Å². The zero-order valence-corrected chi connectivity index (χ0v) is 9.50. The van der Waals surface area contributed by atoms with Gasteiger partial charge in [-0.15, -0.1) is 12.4 Å². The smallest absolute Gasteiger partial charge is 0.324 e. The Labute approximate surface area is 95.8 Å². The van der Waals surface area contributed by atoms with Crippen LogP contribution in [-0.2, 0) is 4.79 Å². The monoisotopic (exact) mass is 231 g/mol. The fourth-order valence-electron chi connectivity index (χ4n) is 4.31. The second kappa shape index (κ2) is 3.36. The highest BCUT2D eigenvalue weighted by atomic mass is 35.5. The zero-order valence-electron chi connectivity index (χ0n) is 8.69. The van der Waals surface area contributed by atoms with Crippen molar-refractivity contribution in [3.63, 3.8) is 0 Å². The lowest BCUT2D eigenvalue weighted by Gasteiger charge is -2.57. The Hall–Kier alpha value is -0.280. The average molecular weight is 232 g/mol. The Bertz CT molecular complexity index is 264. The van der Waals surface area contributed by atoms with Crippen LogP contribution >= 0.6 is 12.4 Å². The maximum absolute atomic E-state index is 11.3. The van der Waals surface area contributed by atoms with Gasteiger partial charge in [-0.25, -0.2) is 0 Å². The SMILES string of the molecule is Cl.NC1(C(=O)O)C2CC3CC(C2)CC1C3. The molecule has 4 rings (SSSR count). The summed E-state index contributed by atoms with van der Waals surface area (Å²) in [6, 6.07) is 0. The number of carboxylic acids is 1. The lowest BCUT2D eigenvalue weighted by Crippen LogP contribution is -2.67. The highest BCUT2D eigenvalue weighted by Gasteiger charge is 2.59. The Morgan fingerprint density at radius 1 is 1.07 bits per heavy atom. The van der Waals surface area contributed by atoms with Gasteiger partial charge in [0.1, 0.15) is 5.54 Å². The minimum absolute atomic E-state index is 0. The Kier molecular flexibility index (Phi) is 2.51. The minimum Gasteiger partial charge on any atom is -0.480 e. The molecule has 4 bridgehead atoms. The van der Waals surface area contributed by atoms with Crippen LogP contribution in [0.15, 0.2) is 0 Å². The van der Waals surface area contributed by atoms with Gasteiger partial charge in [0, 0.05) is 0 Å². The molecule has 0 atom stereocenters. The van der Waals surface area contributed by atoms with Gasteiger partial charge in [-0.05, 0) is 55.8 Å². The van der Waals surface area contributed by atoms with Crippen LogP contribution in [0.25, 0.3) is 0 Å². The van der Waals surface area contributed by atoms with Crippen molar-refractivity contribution < 1.29 is 9.90 Å². The maximum atomic E-state index is 11.3. The van der Waals surface area contributed by atoms with E-state index in [-0.39, 0.29) is 24.2 Å². The van der Waals surface area contributed by atoms with Gasteiger partial charge in [0.05, 0.1) is 0 Å². The molecule has 0 amide bonds. The van der Waals surface area contributed by atoms with Crippen LogP contribution in [0.4, 0.5) is 0 Å². The first-order chi connectivity index (χ1) is 6.60. The number of hydrogen-bond acceptors (Lipinski definition) is 2. The normalized spacial score (nSPS) is 51.3. The largest absolute Gasteiger partial charge is 0.480 e. The minimum atomic E-state index is -0.882. The molecule has 0 aromatic carbocycles. The summed E-state index contributed by atoms with van der Waals surface area (Å²) in [5.74, 6) is 1.33. The summed E-state index contributed by atoms with van der Waals surface area (Å²) in [4.78, 5) is 11.3. The first kappa shape index (κ1) is 11.2. The Balaban J connectivity index is 0.000000853. The molecule has 3 nitrogen and oxygen atoms in total. The average Bonchev–Trinajstić information content (AvgIpc) is 2.12. The predicted molar refractivity (Wildman–Crippen MR) is 58.8 cm³/mol. The van der Waals surface area contributed by atoms with Gasteiger partial charge in [-0.2, -0.15) is 0 Å². The van der Waals surface area contributed by atoms with Crippen molar-refractivity contribution in [1.29, 1.82) is 0 Å². The number of hydrogen-bond donors (Lipinski definition) is 2. The van der Waals surface area contributed by atoms with Gasteiger partial charge in [-0.3, -0.25) is 4.79 Å². The molecule has 4 aliphatic rings. The molecule has 0 radical (unpaired) electrons. The highest BCUT2D eigenvalue weighted by molar-refractivity contribution is 5.85. The zero-order chi connectivity index (χ0) is 9.92. The number of carbonyl (C=O) groups is 1. The number of carboxylic acid groups (broad SMARTS) is 1. The second-order valence-electron chi connectivity index (χ2n) is 5.54. The molecule has 4 fully saturated rings. The van der Waals surface area contributed by atoms with E-state index >= 15 is 0 Å². The molecule has 0 heterocycles. The van der Waals surface area contributed by atoms with Gasteiger partial charge in [-0.1, -0.05) is 0 Å². The molecular formula is C11H18ClNO2. The third-order valence-electron chi connectivity index (χ3n) is 4.86. The van der Waals surface area contributed by atoms with Gasteiger partial charge in [0.15, 0.2) is 0 Å². The molecule has 0 aromatic rings. The molecule has 0 unspecified atom stereocenters. The van der Waals surface area contributed by atoms with Gasteiger partial charge in [0.2, 0.25) is 0 Å². The van der Waals surface area contributed by atoms with Crippen LogP contribution in [-0.4, -0.2) is 16.6 Å². The van der Waals surface area contributed by atoms with E-state index in [2.05, 4.69) is 0 Å². The summed E-state index contributed by atoms with van der Waals surface area (Å²) in [6.07, 6.45) is 5.60. The topological polar surface area (TPSA) is 63.3 Å². The van der Waals surface area contributed by atoms with Crippen molar-refractivity contribution in [2.75, 3.05) is 0 Å². The molecule has 3 N–H and O–H groups in total. The summed E-state index contributed by atoms with van der Waals surface area (Å²) in [7, 11) is 0. The summed E-state index contributed by atoms with van der Waals surface area (Å²) in [6.45, 7) is 0. The molecule has 4 heteroatoms. The van der Waals surface area contributed by atoms with E-state index in [0.717, 1.165) is 37.5 Å². The van der Waals surface area contributed by atoms with Crippen LogP contribution < -0.4 is 5.73 Å². The molecule has 4 aliphatic carbocycles. The van der Waals surface area contributed by atoms with Gasteiger partial charge in [0.25, 0.3) is 0 Å². The third-order valence-corrected chi connectivity index (χ3v) is 4.86. The van der Waals surface area contributed by atoms with Crippen molar-refractivity contribution in [1.82, 2.24) is 0 Å². The van der Waals surface area contributed by atoms with E-state index < -0.39 is 11.5 Å². The van der Waals surface area contributed by atoms with E-state index in [9.17, 15) is 9.90 Å². The van der Waals surface area contributed by atoms with Crippen LogP contribution in [0, 0.1) is 23.7 Å². The number of nitrogens with two attached hydrogens (primary N) is 1. The lowest BCUT2D eigenvalue weighted by atomic mass is 9.49. The van der Waals surface area contributed by atoms with E-state index in [4.69, 9.17) is 5.73 Å². The van der Waals surface area contributed by atoms with Crippen molar-refractivity contribution in [3.05, 3.63) is 0 Å². The van der Waals surface area contributed by atoms with Gasteiger partial charge < -0.3 is 10.8 Å². The fraction of sp³-hybridized carbons (Fsp3) is 0.909. The lowest BCUT2D eigenvalue weighted by molar-refractivity contribution is -0.159. The van der Waals surface area contributed by atoms with Crippen LogP contribution in [0.2, 0.25) is 0 Å². The standard InChI is InChI=1S/C11H17NO2.ClH/c12-11(10(13)14)8-2-6-1-7(4-8)5-9(11)3-6;/h6-9H,1-5,12H2,(H,13,14);1H. The number of rotatable bonds is 1. The first-order valence-electron chi connectivity index (χ1n) is 5.63. The molecular weight excluding hydrogens is 214 g/mol. The summed E-state index contributed by atoms with van der Waals surface area (Å²) < 4.78 is 0. The quantitative estimate of drug-likeness (QED) is 0.721. The van der Waals surface area contributed by atoms with Crippen molar-refractivity contribution in [2.24, 2.45) is 29.4 Å². The van der Waals surface area contributed by atoms with Crippen LogP contribution in [0.1, 0.15) is 32.1 Å². The molecule has 0 saturated heterocycles. The third kappa shape index (κ3) is 1.32. The molecule has 15 heavy (non-hydrogen) atoms. The fourth-order valence-corrected chi connectivity index (χ4v) is 4.31. The van der Waals surface area contributed by atoms with Crippen LogP contribution in [0.3, 0.4) is 0 Å². The highest BCUT2D eigenvalue weighted by Crippen LogP contribution is 2.57.